The van der Waals surface area contributed by atoms with Gasteiger partial charge in [-0.1, -0.05) is 0 Å². The molecule has 0 aromatic heterocycles. The lowest BCUT2D eigenvalue weighted by molar-refractivity contribution is -0.153. The number of fused-ring (bicyclic) bond motifs is 1. The molecule has 3 nitrogen and oxygen atoms in total. The summed E-state index contributed by atoms with van der Waals surface area (Å²) in [6.07, 6.45) is -3.66. The number of ether oxygens (including phenoxy) is 1. The number of piperidine rings is 1. The highest BCUT2D eigenvalue weighted by molar-refractivity contribution is 5.69. The van der Waals surface area contributed by atoms with Crippen molar-refractivity contribution in [2.75, 3.05) is 6.54 Å². The fraction of sp³-hybridized carbons (Fsp3) is 0.917. The molecule has 0 aromatic carbocycles. The van der Waals surface area contributed by atoms with E-state index in [1.54, 1.807) is 20.8 Å². The zero-order chi connectivity index (χ0) is 13.7. The first-order valence-corrected chi connectivity index (χ1v) is 6.17. The van der Waals surface area contributed by atoms with Crippen molar-refractivity contribution in [2.24, 2.45) is 11.8 Å². The Morgan fingerprint density at radius 1 is 1.28 bits per heavy atom. The van der Waals surface area contributed by atoms with E-state index in [9.17, 15) is 18.0 Å². The van der Waals surface area contributed by atoms with Gasteiger partial charge in [0.2, 0.25) is 0 Å². The molecule has 2 aliphatic rings. The van der Waals surface area contributed by atoms with Gasteiger partial charge in [-0.25, -0.2) is 4.79 Å². The van der Waals surface area contributed by atoms with E-state index in [1.165, 1.54) is 4.90 Å². The Morgan fingerprint density at radius 2 is 1.89 bits per heavy atom. The van der Waals surface area contributed by atoms with Crippen molar-refractivity contribution < 1.29 is 22.7 Å². The number of carbonyl (C=O) groups is 1. The van der Waals surface area contributed by atoms with Gasteiger partial charge in [0.05, 0.1) is 12.0 Å². The first-order chi connectivity index (χ1) is 8.11. The molecule has 0 N–H and O–H groups in total. The minimum Gasteiger partial charge on any atom is -0.444 e. The van der Waals surface area contributed by atoms with Crippen LogP contribution < -0.4 is 0 Å². The van der Waals surface area contributed by atoms with Crippen LogP contribution >= 0.6 is 0 Å². The fourth-order valence-electron chi connectivity index (χ4n) is 2.75. The number of alkyl halides is 3. The lowest BCUT2D eigenvalue weighted by atomic mass is 10.1. The smallest absolute Gasteiger partial charge is 0.410 e. The standard InChI is InChI=1S/C12H18F3NO2/c1-11(2,3)18-10(17)16-6-4-5-7-8(9(7)16)12(13,14)15/h7-9H,4-6H2,1-3H3/t7-,8-,9-/m1/s1. The van der Waals surface area contributed by atoms with Crippen LogP contribution in [0.15, 0.2) is 0 Å². The highest BCUT2D eigenvalue weighted by atomic mass is 19.4. The molecular formula is C12H18F3NO2. The molecule has 1 aliphatic heterocycles. The predicted octanol–water partition coefficient (Wildman–Crippen LogP) is 3.19. The van der Waals surface area contributed by atoms with E-state index in [0.29, 0.717) is 19.4 Å². The molecule has 1 saturated heterocycles. The van der Waals surface area contributed by atoms with Crippen molar-refractivity contribution in [2.45, 2.75) is 51.4 Å². The quantitative estimate of drug-likeness (QED) is 0.673. The average Bonchev–Trinajstić information content (AvgIpc) is 2.86. The number of likely N-dealkylation sites (tertiary alicyclic amines) is 1. The van der Waals surface area contributed by atoms with Gasteiger partial charge in [0, 0.05) is 6.54 Å². The lowest BCUT2D eigenvalue weighted by Crippen LogP contribution is -2.42. The van der Waals surface area contributed by atoms with Crippen LogP contribution in [0.5, 0.6) is 0 Å². The van der Waals surface area contributed by atoms with Gasteiger partial charge < -0.3 is 9.64 Å². The SMILES string of the molecule is CC(C)(C)OC(=O)N1CCC[C@H]2[C@@H]1[C@@H]2C(F)(F)F. The zero-order valence-electron chi connectivity index (χ0n) is 10.8. The van der Waals surface area contributed by atoms with Crippen LogP contribution in [0.4, 0.5) is 18.0 Å². The van der Waals surface area contributed by atoms with E-state index >= 15 is 0 Å². The predicted molar refractivity (Wildman–Crippen MR) is 59.0 cm³/mol. The second-order valence-electron chi connectivity index (χ2n) is 6.04. The summed E-state index contributed by atoms with van der Waals surface area (Å²) in [5, 5.41) is 0. The molecule has 0 bridgehead atoms. The number of amides is 1. The highest BCUT2D eigenvalue weighted by Gasteiger charge is 2.68. The summed E-state index contributed by atoms with van der Waals surface area (Å²) < 4.78 is 43.4. The van der Waals surface area contributed by atoms with Crippen molar-refractivity contribution >= 4 is 6.09 Å². The van der Waals surface area contributed by atoms with Crippen LogP contribution in [0.1, 0.15) is 33.6 Å². The minimum atomic E-state index is -4.21. The molecule has 1 saturated carbocycles. The lowest BCUT2D eigenvalue weighted by Gasteiger charge is -2.30. The summed E-state index contributed by atoms with van der Waals surface area (Å²) in [5.74, 6) is -1.78. The van der Waals surface area contributed by atoms with E-state index in [4.69, 9.17) is 4.74 Å². The monoisotopic (exact) mass is 265 g/mol. The molecule has 6 heteroatoms. The van der Waals surface area contributed by atoms with Crippen molar-refractivity contribution in [3.8, 4) is 0 Å². The third kappa shape index (κ3) is 2.57. The van der Waals surface area contributed by atoms with Gasteiger partial charge in [0.15, 0.2) is 0 Å². The topological polar surface area (TPSA) is 29.5 Å². The fourth-order valence-corrected chi connectivity index (χ4v) is 2.75. The molecule has 18 heavy (non-hydrogen) atoms. The van der Waals surface area contributed by atoms with Crippen LogP contribution in [-0.2, 0) is 4.74 Å². The van der Waals surface area contributed by atoms with Gasteiger partial charge in [-0.05, 0) is 39.5 Å². The van der Waals surface area contributed by atoms with Gasteiger partial charge in [-0.3, -0.25) is 0 Å². The van der Waals surface area contributed by atoms with Crippen LogP contribution in [-0.4, -0.2) is 35.4 Å². The van der Waals surface area contributed by atoms with E-state index in [-0.39, 0.29) is 0 Å². The second-order valence-corrected chi connectivity index (χ2v) is 6.04. The largest absolute Gasteiger partial charge is 0.444 e. The minimum absolute atomic E-state index is 0.364. The summed E-state index contributed by atoms with van der Waals surface area (Å²) in [5.41, 5.74) is -0.674. The summed E-state index contributed by atoms with van der Waals surface area (Å²) in [6.45, 7) is 5.49. The van der Waals surface area contributed by atoms with Crippen molar-refractivity contribution in [1.82, 2.24) is 4.90 Å². The van der Waals surface area contributed by atoms with Gasteiger partial charge >= 0.3 is 12.3 Å². The van der Waals surface area contributed by atoms with Gasteiger partial charge in [-0.15, -0.1) is 0 Å². The maximum atomic E-state index is 12.7. The molecule has 2 fully saturated rings. The Bertz CT molecular complexity index is 348. The Labute approximate surface area is 104 Å². The van der Waals surface area contributed by atoms with Crippen molar-refractivity contribution in [1.29, 1.82) is 0 Å². The van der Waals surface area contributed by atoms with Crippen molar-refractivity contribution in [3.05, 3.63) is 0 Å². The summed E-state index contributed by atoms with van der Waals surface area (Å²) in [7, 11) is 0. The molecule has 1 aliphatic carbocycles. The van der Waals surface area contributed by atoms with Gasteiger partial charge in [0.25, 0.3) is 0 Å². The summed E-state index contributed by atoms with van der Waals surface area (Å²) in [6, 6.07) is -0.700. The molecule has 1 heterocycles. The summed E-state index contributed by atoms with van der Waals surface area (Å²) >= 11 is 0. The van der Waals surface area contributed by atoms with Crippen LogP contribution in [0.25, 0.3) is 0 Å². The number of hydrogen-bond acceptors (Lipinski definition) is 2. The van der Waals surface area contributed by atoms with E-state index < -0.39 is 35.7 Å². The number of carbonyl (C=O) groups excluding carboxylic acids is 1. The Hall–Kier alpha value is -0.940. The number of hydrogen-bond donors (Lipinski definition) is 0. The van der Waals surface area contributed by atoms with Crippen molar-refractivity contribution in [3.63, 3.8) is 0 Å². The third-order valence-corrected chi connectivity index (χ3v) is 3.43. The molecule has 2 rings (SSSR count). The maximum Gasteiger partial charge on any atom is 0.410 e. The van der Waals surface area contributed by atoms with Crippen LogP contribution in [0.2, 0.25) is 0 Å². The highest BCUT2D eigenvalue weighted by Crippen LogP contribution is 2.57. The number of halogens is 3. The van der Waals surface area contributed by atoms with Gasteiger partial charge in [-0.2, -0.15) is 13.2 Å². The molecule has 0 spiro atoms. The molecule has 3 atom stereocenters. The molecule has 1 amide bonds. The van der Waals surface area contributed by atoms with E-state index in [0.717, 1.165) is 0 Å². The van der Waals surface area contributed by atoms with E-state index in [1.807, 2.05) is 0 Å². The van der Waals surface area contributed by atoms with Gasteiger partial charge in [0.1, 0.15) is 5.60 Å². The molecule has 0 unspecified atom stereocenters. The molecule has 104 valence electrons. The Morgan fingerprint density at radius 3 is 2.39 bits per heavy atom. The first-order valence-electron chi connectivity index (χ1n) is 6.17. The Kier molecular flexibility index (Phi) is 3.02. The molecular weight excluding hydrogens is 247 g/mol. The van der Waals surface area contributed by atoms with Crippen LogP contribution in [0, 0.1) is 11.8 Å². The second kappa shape index (κ2) is 4.03. The molecule has 0 radical (unpaired) electrons. The normalized spacial score (nSPS) is 31.9. The average molecular weight is 265 g/mol. The number of nitrogens with zero attached hydrogens (tertiary/aromatic N) is 1. The van der Waals surface area contributed by atoms with E-state index in [2.05, 4.69) is 0 Å². The maximum absolute atomic E-state index is 12.7. The third-order valence-electron chi connectivity index (χ3n) is 3.43. The first kappa shape index (κ1) is 13.5. The van der Waals surface area contributed by atoms with Crippen LogP contribution in [0.3, 0.4) is 0 Å². The zero-order valence-corrected chi connectivity index (χ0v) is 10.8. The Balaban J connectivity index is 2.04. The number of rotatable bonds is 0. The summed E-state index contributed by atoms with van der Waals surface area (Å²) in [4.78, 5) is 13.1. The molecule has 0 aromatic rings.